The molecule has 0 bridgehead atoms. The maximum atomic E-state index is 5.55. The molecular weight excluding hydrogens is 246 g/mol. The lowest BCUT2D eigenvalue weighted by Crippen LogP contribution is -2.28. The lowest BCUT2D eigenvalue weighted by molar-refractivity contribution is 0.208. The topological polar surface area (TPSA) is 72.4 Å². The molecule has 0 fully saturated rings. The minimum Gasteiger partial charge on any atom is -0.464 e. The Bertz CT molecular complexity index is 371. The first-order chi connectivity index (χ1) is 9.23. The fourth-order valence-corrected chi connectivity index (χ4v) is 1.51. The van der Waals surface area contributed by atoms with E-state index < -0.39 is 0 Å². The molecule has 0 spiro atoms. The third-order valence-electron chi connectivity index (χ3n) is 2.62. The summed E-state index contributed by atoms with van der Waals surface area (Å²) in [5.41, 5.74) is 0. The SMILES string of the molecule is CCOc1nc(NC)nc(OCCN(CC)CC)n1. The molecule has 1 aromatic rings. The number of rotatable bonds is 9. The Morgan fingerprint density at radius 2 is 1.63 bits per heavy atom. The van der Waals surface area contributed by atoms with Gasteiger partial charge in [-0.15, -0.1) is 4.98 Å². The lowest BCUT2D eigenvalue weighted by atomic mass is 10.5. The van der Waals surface area contributed by atoms with E-state index in [4.69, 9.17) is 9.47 Å². The average Bonchev–Trinajstić information content (AvgIpc) is 2.43. The molecule has 1 rings (SSSR count). The molecule has 7 nitrogen and oxygen atoms in total. The molecule has 0 saturated heterocycles. The second-order valence-electron chi connectivity index (χ2n) is 3.78. The molecule has 0 aliphatic heterocycles. The van der Waals surface area contributed by atoms with Crippen LogP contribution < -0.4 is 14.8 Å². The fourth-order valence-electron chi connectivity index (χ4n) is 1.51. The zero-order valence-electron chi connectivity index (χ0n) is 12.1. The van der Waals surface area contributed by atoms with Crippen LogP contribution >= 0.6 is 0 Å². The van der Waals surface area contributed by atoms with Gasteiger partial charge in [0, 0.05) is 13.6 Å². The molecule has 0 aliphatic carbocycles. The number of hydrogen-bond acceptors (Lipinski definition) is 7. The predicted molar refractivity (Wildman–Crippen MR) is 73.8 cm³/mol. The van der Waals surface area contributed by atoms with Gasteiger partial charge < -0.3 is 19.7 Å². The molecule has 0 amide bonds. The van der Waals surface area contributed by atoms with Gasteiger partial charge in [-0.05, 0) is 20.0 Å². The van der Waals surface area contributed by atoms with Gasteiger partial charge in [0.25, 0.3) is 0 Å². The standard InChI is InChI=1S/C12H23N5O2/c1-5-17(6-2)8-9-19-12-15-10(13-4)14-11(16-12)18-7-3/h5-9H2,1-4H3,(H,13,14,15,16). The number of hydrogen-bond donors (Lipinski definition) is 1. The summed E-state index contributed by atoms with van der Waals surface area (Å²) in [5, 5.41) is 2.86. The summed E-state index contributed by atoms with van der Waals surface area (Å²) in [4.78, 5) is 14.6. The fraction of sp³-hybridized carbons (Fsp3) is 0.750. The first-order valence-electron chi connectivity index (χ1n) is 6.65. The van der Waals surface area contributed by atoms with E-state index >= 15 is 0 Å². The summed E-state index contributed by atoms with van der Waals surface area (Å²) in [5.74, 6) is 0.441. The summed E-state index contributed by atoms with van der Waals surface area (Å²) in [6.45, 7) is 10.0. The van der Waals surface area contributed by atoms with Crippen molar-refractivity contribution >= 4 is 5.95 Å². The normalized spacial score (nSPS) is 10.6. The van der Waals surface area contributed by atoms with Crippen molar-refractivity contribution in [3.63, 3.8) is 0 Å². The van der Waals surface area contributed by atoms with Gasteiger partial charge in [0.2, 0.25) is 5.95 Å². The van der Waals surface area contributed by atoms with Crippen LogP contribution in [0.5, 0.6) is 12.0 Å². The Morgan fingerprint density at radius 1 is 1.00 bits per heavy atom. The van der Waals surface area contributed by atoms with Gasteiger partial charge in [-0.2, -0.15) is 9.97 Å². The molecule has 0 aliphatic rings. The number of nitrogens with zero attached hydrogens (tertiary/aromatic N) is 4. The summed E-state index contributed by atoms with van der Waals surface area (Å²) < 4.78 is 10.8. The Hall–Kier alpha value is -1.63. The predicted octanol–water partition coefficient (Wildman–Crippen LogP) is 1.03. The van der Waals surface area contributed by atoms with E-state index in [9.17, 15) is 0 Å². The Kier molecular flexibility index (Phi) is 6.88. The maximum Gasteiger partial charge on any atom is 0.324 e. The minimum atomic E-state index is 0.277. The van der Waals surface area contributed by atoms with Crippen LogP contribution in [0, 0.1) is 0 Å². The molecule has 0 aromatic carbocycles. The van der Waals surface area contributed by atoms with Crippen molar-refractivity contribution in [3.8, 4) is 12.0 Å². The van der Waals surface area contributed by atoms with E-state index in [-0.39, 0.29) is 12.0 Å². The van der Waals surface area contributed by atoms with Gasteiger partial charge in [-0.1, -0.05) is 13.8 Å². The molecular formula is C12H23N5O2. The maximum absolute atomic E-state index is 5.55. The number of aromatic nitrogens is 3. The van der Waals surface area contributed by atoms with Crippen molar-refractivity contribution < 1.29 is 9.47 Å². The van der Waals surface area contributed by atoms with Crippen LogP contribution in [0.25, 0.3) is 0 Å². The highest BCUT2D eigenvalue weighted by molar-refractivity contribution is 5.26. The van der Waals surface area contributed by atoms with Gasteiger partial charge in [-0.3, -0.25) is 0 Å². The zero-order chi connectivity index (χ0) is 14.1. The molecule has 0 saturated carbocycles. The number of anilines is 1. The zero-order valence-corrected chi connectivity index (χ0v) is 12.1. The quantitative estimate of drug-likeness (QED) is 0.718. The molecule has 1 aromatic heterocycles. The largest absolute Gasteiger partial charge is 0.464 e. The van der Waals surface area contributed by atoms with Gasteiger partial charge in [-0.25, -0.2) is 0 Å². The molecule has 1 N–H and O–H groups in total. The van der Waals surface area contributed by atoms with E-state index in [0.29, 0.717) is 19.2 Å². The van der Waals surface area contributed by atoms with Crippen LogP contribution in [0.1, 0.15) is 20.8 Å². The first-order valence-corrected chi connectivity index (χ1v) is 6.65. The van der Waals surface area contributed by atoms with Crippen LogP contribution in [0.3, 0.4) is 0 Å². The number of ether oxygens (including phenoxy) is 2. The Balaban J connectivity index is 2.58. The lowest BCUT2D eigenvalue weighted by Gasteiger charge is -2.17. The van der Waals surface area contributed by atoms with Crippen molar-refractivity contribution in [1.29, 1.82) is 0 Å². The third-order valence-corrected chi connectivity index (χ3v) is 2.62. The summed E-state index contributed by atoms with van der Waals surface area (Å²) >= 11 is 0. The summed E-state index contributed by atoms with van der Waals surface area (Å²) in [7, 11) is 1.74. The second kappa shape index (κ2) is 8.47. The first kappa shape index (κ1) is 15.4. The van der Waals surface area contributed by atoms with Gasteiger partial charge in [0.05, 0.1) is 6.61 Å². The van der Waals surface area contributed by atoms with Crippen LogP contribution in [-0.4, -0.2) is 59.7 Å². The van der Waals surface area contributed by atoms with Crippen LogP contribution in [0.2, 0.25) is 0 Å². The average molecular weight is 269 g/mol. The van der Waals surface area contributed by atoms with Crippen molar-refractivity contribution in [1.82, 2.24) is 19.9 Å². The Morgan fingerprint density at radius 3 is 2.16 bits per heavy atom. The van der Waals surface area contributed by atoms with Crippen molar-refractivity contribution in [2.75, 3.05) is 45.2 Å². The number of nitrogens with one attached hydrogen (secondary N) is 1. The van der Waals surface area contributed by atoms with Gasteiger partial charge in [0.15, 0.2) is 0 Å². The van der Waals surface area contributed by atoms with Crippen molar-refractivity contribution in [2.24, 2.45) is 0 Å². The van der Waals surface area contributed by atoms with E-state index in [1.807, 2.05) is 6.92 Å². The summed E-state index contributed by atoms with van der Waals surface area (Å²) in [6.07, 6.45) is 0. The van der Waals surface area contributed by atoms with Crippen molar-refractivity contribution in [2.45, 2.75) is 20.8 Å². The molecule has 0 atom stereocenters. The van der Waals surface area contributed by atoms with Crippen LogP contribution in [-0.2, 0) is 0 Å². The molecule has 7 heteroatoms. The highest BCUT2D eigenvalue weighted by Crippen LogP contribution is 2.12. The highest BCUT2D eigenvalue weighted by Gasteiger charge is 2.08. The third kappa shape index (κ3) is 5.25. The van der Waals surface area contributed by atoms with E-state index in [1.165, 1.54) is 0 Å². The van der Waals surface area contributed by atoms with E-state index in [2.05, 4.69) is 39.0 Å². The van der Waals surface area contributed by atoms with Crippen LogP contribution in [0.4, 0.5) is 5.95 Å². The van der Waals surface area contributed by atoms with Gasteiger partial charge >= 0.3 is 12.0 Å². The van der Waals surface area contributed by atoms with Crippen LogP contribution in [0.15, 0.2) is 0 Å². The van der Waals surface area contributed by atoms with E-state index in [0.717, 1.165) is 19.6 Å². The highest BCUT2D eigenvalue weighted by atomic mass is 16.5. The smallest absolute Gasteiger partial charge is 0.324 e. The monoisotopic (exact) mass is 269 g/mol. The minimum absolute atomic E-state index is 0.277. The molecule has 1 heterocycles. The molecule has 108 valence electrons. The Labute approximate surface area is 114 Å². The molecule has 19 heavy (non-hydrogen) atoms. The van der Waals surface area contributed by atoms with Crippen molar-refractivity contribution in [3.05, 3.63) is 0 Å². The molecule has 0 unspecified atom stereocenters. The van der Waals surface area contributed by atoms with Gasteiger partial charge in [0.1, 0.15) is 6.61 Å². The number of likely N-dealkylation sites (N-methyl/N-ethyl adjacent to an activating group) is 1. The second-order valence-corrected chi connectivity index (χ2v) is 3.78. The summed E-state index contributed by atoms with van der Waals surface area (Å²) in [6, 6.07) is 0.564. The van der Waals surface area contributed by atoms with E-state index in [1.54, 1.807) is 7.05 Å². The molecule has 0 radical (unpaired) electrons.